The van der Waals surface area contributed by atoms with E-state index in [0.717, 1.165) is 0 Å². The van der Waals surface area contributed by atoms with E-state index in [9.17, 15) is 30.0 Å². The molecule has 0 radical (unpaired) electrons. The first-order valence-corrected chi connectivity index (χ1v) is 11.2. The second kappa shape index (κ2) is 11.0. The molecule has 4 unspecified atom stereocenters. The summed E-state index contributed by atoms with van der Waals surface area (Å²) in [5.41, 5.74) is 0. The van der Waals surface area contributed by atoms with E-state index >= 15 is 0 Å². The number of ketones is 1. The van der Waals surface area contributed by atoms with Crippen LogP contribution in [-0.4, -0.2) is 62.7 Å². The Morgan fingerprint density at radius 3 is 1.83 bits per heavy atom. The van der Waals surface area contributed by atoms with Crippen molar-refractivity contribution < 1.29 is 34.8 Å². The molecule has 7 nitrogen and oxygen atoms in total. The van der Waals surface area contributed by atoms with E-state index in [0.29, 0.717) is 6.42 Å². The number of carbonyl (C=O) groups excluding carboxylic acids is 2. The van der Waals surface area contributed by atoms with Crippen molar-refractivity contribution in [2.24, 2.45) is 41.4 Å². The summed E-state index contributed by atoms with van der Waals surface area (Å²) in [7, 11) is 0. The summed E-state index contributed by atoms with van der Waals surface area (Å²) in [6.07, 6.45) is -4.33. The maximum Gasteiger partial charge on any atom is 0.311 e. The van der Waals surface area contributed by atoms with Gasteiger partial charge in [0.05, 0.1) is 30.3 Å². The summed E-state index contributed by atoms with van der Waals surface area (Å²) in [6.45, 7) is 13.5. The molecule has 176 valence electrons. The van der Waals surface area contributed by atoms with Crippen molar-refractivity contribution >= 4 is 11.8 Å². The maximum atomic E-state index is 12.9. The fourth-order valence-electron chi connectivity index (χ4n) is 4.60. The van der Waals surface area contributed by atoms with Gasteiger partial charge in [-0.1, -0.05) is 41.5 Å². The summed E-state index contributed by atoms with van der Waals surface area (Å²) in [5.74, 6) is -4.70. The van der Waals surface area contributed by atoms with Crippen LogP contribution in [0, 0.1) is 41.4 Å². The third-order valence-corrected chi connectivity index (χ3v) is 7.30. The Morgan fingerprint density at radius 1 is 0.833 bits per heavy atom. The lowest BCUT2D eigenvalue weighted by molar-refractivity contribution is -0.172. The summed E-state index contributed by atoms with van der Waals surface area (Å²) in [5, 5.41) is 42.4. The zero-order valence-electron chi connectivity index (χ0n) is 19.6. The maximum absolute atomic E-state index is 12.9. The van der Waals surface area contributed by atoms with Crippen LogP contribution < -0.4 is 0 Å². The van der Waals surface area contributed by atoms with Crippen LogP contribution >= 0.6 is 0 Å². The molecule has 1 saturated heterocycles. The number of Topliss-reactive ketones (excluding diaryl/α,β-unsaturated/α-hetero) is 1. The summed E-state index contributed by atoms with van der Waals surface area (Å²) in [4.78, 5) is 25.8. The molecule has 0 aliphatic carbocycles. The highest BCUT2D eigenvalue weighted by Crippen LogP contribution is 2.32. The molecule has 0 aromatic rings. The van der Waals surface area contributed by atoms with Crippen LogP contribution in [0.25, 0.3) is 0 Å². The number of aliphatic hydroxyl groups excluding tert-OH is 4. The average Bonchev–Trinajstić information content (AvgIpc) is 2.71. The van der Waals surface area contributed by atoms with Crippen LogP contribution in [0.1, 0.15) is 61.8 Å². The lowest BCUT2D eigenvalue weighted by Crippen LogP contribution is -2.48. The predicted octanol–water partition coefficient (Wildman–Crippen LogP) is 1.79. The monoisotopic (exact) mass is 430 g/mol. The zero-order chi connectivity index (χ0) is 23.5. The lowest BCUT2D eigenvalue weighted by atomic mass is 9.76. The van der Waals surface area contributed by atoms with Crippen molar-refractivity contribution in [1.82, 2.24) is 0 Å². The Kier molecular flexibility index (Phi) is 9.93. The second-order valence-electron chi connectivity index (χ2n) is 9.78. The Labute approximate surface area is 180 Å². The topological polar surface area (TPSA) is 124 Å². The standard InChI is InChI=1S/C23H42O7/c1-10-9-11(2)19(26)14(5)21(28)16(7)23(29)30-22(12(3)17(8)24)15(6)20(27)13(4)18(10)25/h10-17,19-22,24,26-28H,9H2,1-8H3/t10-,11?,12?,13+,14-,15-,16-,17?,19+,20-,21+,22?/m1/s1. The van der Waals surface area contributed by atoms with Gasteiger partial charge in [-0.15, -0.1) is 0 Å². The average molecular weight is 431 g/mol. The highest BCUT2D eigenvalue weighted by molar-refractivity contribution is 5.83. The lowest BCUT2D eigenvalue weighted by Gasteiger charge is -2.38. The summed E-state index contributed by atoms with van der Waals surface area (Å²) in [6, 6.07) is 0. The van der Waals surface area contributed by atoms with Crippen LogP contribution in [0.4, 0.5) is 0 Å². The molecule has 4 N–H and O–H groups in total. The van der Waals surface area contributed by atoms with Crippen molar-refractivity contribution in [3.05, 3.63) is 0 Å². The highest BCUT2D eigenvalue weighted by Gasteiger charge is 2.42. The van der Waals surface area contributed by atoms with Crippen molar-refractivity contribution in [2.45, 2.75) is 92.3 Å². The van der Waals surface area contributed by atoms with Gasteiger partial charge in [0, 0.05) is 29.6 Å². The number of cyclic esters (lactones) is 1. The minimum atomic E-state index is -1.13. The van der Waals surface area contributed by atoms with Crippen LogP contribution in [0.5, 0.6) is 0 Å². The van der Waals surface area contributed by atoms with E-state index in [-0.39, 0.29) is 17.6 Å². The minimum Gasteiger partial charge on any atom is -0.461 e. The molecular formula is C23H42O7. The molecule has 1 aliphatic heterocycles. The smallest absolute Gasteiger partial charge is 0.311 e. The van der Waals surface area contributed by atoms with Gasteiger partial charge in [0.15, 0.2) is 0 Å². The van der Waals surface area contributed by atoms with Gasteiger partial charge in [-0.05, 0) is 26.2 Å². The fourth-order valence-corrected chi connectivity index (χ4v) is 4.60. The SMILES string of the molecule is CC(O)C(C)C1OC(=O)[C@H](C)[C@@H](O)[C@H](C)[C@@H](O)C(C)C[C@@H](C)C(=O)[C@H](C)[C@@H](O)[C@H]1C. The number of carbonyl (C=O) groups is 2. The van der Waals surface area contributed by atoms with Crippen LogP contribution in [0.3, 0.4) is 0 Å². The first-order valence-electron chi connectivity index (χ1n) is 11.2. The Hall–Kier alpha value is -1.02. The number of esters is 1. The predicted molar refractivity (Wildman–Crippen MR) is 113 cm³/mol. The van der Waals surface area contributed by atoms with E-state index in [4.69, 9.17) is 4.74 Å². The molecule has 0 aromatic heterocycles. The number of hydrogen-bond donors (Lipinski definition) is 4. The molecule has 0 spiro atoms. The number of rotatable bonds is 2. The van der Waals surface area contributed by atoms with Gasteiger partial charge in [-0.3, -0.25) is 9.59 Å². The van der Waals surface area contributed by atoms with Gasteiger partial charge in [-0.2, -0.15) is 0 Å². The summed E-state index contributed by atoms with van der Waals surface area (Å²) >= 11 is 0. The number of ether oxygens (including phenoxy) is 1. The molecule has 12 atom stereocenters. The minimum absolute atomic E-state index is 0.123. The Morgan fingerprint density at radius 2 is 1.33 bits per heavy atom. The Bertz CT molecular complexity index is 578. The van der Waals surface area contributed by atoms with Gasteiger partial charge in [-0.25, -0.2) is 0 Å². The molecule has 0 bridgehead atoms. The van der Waals surface area contributed by atoms with E-state index in [1.807, 2.05) is 6.92 Å². The van der Waals surface area contributed by atoms with Gasteiger partial charge < -0.3 is 25.2 Å². The van der Waals surface area contributed by atoms with Crippen molar-refractivity contribution in [3.8, 4) is 0 Å². The molecule has 0 amide bonds. The Balaban J connectivity index is 3.37. The van der Waals surface area contributed by atoms with Crippen molar-refractivity contribution in [1.29, 1.82) is 0 Å². The third kappa shape index (κ3) is 6.02. The van der Waals surface area contributed by atoms with Gasteiger partial charge in [0.2, 0.25) is 0 Å². The van der Waals surface area contributed by atoms with Crippen molar-refractivity contribution in [2.75, 3.05) is 0 Å². The van der Waals surface area contributed by atoms with Crippen molar-refractivity contribution in [3.63, 3.8) is 0 Å². The molecule has 0 saturated carbocycles. The van der Waals surface area contributed by atoms with Gasteiger partial charge >= 0.3 is 5.97 Å². The molecular weight excluding hydrogens is 388 g/mol. The van der Waals surface area contributed by atoms with Crippen LogP contribution in [0.2, 0.25) is 0 Å². The molecule has 30 heavy (non-hydrogen) atoms. The molecule has 7 heteroatoms. The first-order chi connectivity index (χ1) is 13.7. The second-order valence-corrected chi connectivity index (χ2v) is 9.78. The largest absolute Gasteiger partial charge is 0.461 e. The van der Waals surface area contributed by atoms with E-state index in [1.54, 1.807) is 48.5 Å². The molecule has 0 aromatic carbocycles. The van der Waals surface area contributed by atoms with E-state index in [2.05, 4.69) is 0 Å². The quantitative estimate of drug-likeness (QED) is 0.492. The number of hydrogen-bond acceptors (Lipinski definition) is 7. The van der Waals surface area contributed by atoms with E-state index in [1.165, 1.54) is 0 Å². The summed E-state index contributed by atoms with van der Waals surface area (Å²) < 4.78 is 5.69. The first kappa shape index (κ1) is 27.0. The molecule has 1 fully saturated rings. The molecule has 1 rings (SSSR count). The van der Waals surface area contributed by atoms with E-state index < -0.39 is 66.1 Å². The molecule has 1 heterocycles. The van der Waals surface area contributed by atoms with Crippen LogP contribution in [-0.2, 0) is 14.3 Å². The van der Waals surface area contributed by atoms with Crippen LogP contribution in [0.15, 0.2) is 0 Å². The fraction of sp³-hybridized carbons (Fsp3) is 0.913. The normalized spacial score (nSPS) is 44.7. The molecule has 1 aliphatic rings. The zero-order valence-corrected chi connectivity index (χ0v) is 19.6. The third-order valence-electron chi connectivity index (χ3n) is 7.30. The van der Waals surface area contributed by atoms with Gasteiger partial charge in [0.1, 0.15) is 11.9 Å². The van der Waals surface area contributed by atoms with Gasteiger partial charge in [0.25, 0.3) is 0 Å². The number of aliphatic hydroxyl groups is 4. The highest BCUT2D eigenvalue weighted by atomic mass is 16.5.